The number of amides is 1. The first-order valence-corrected chi connectivity index (χ1v) is 7.54. The number of rotatable bonds is 7. The quantitative estimate of drug-likeness (QED) is 0.787. The van der Waals surface area contributed by atoms with Crippen molar-refractivity contribution >= 4 is 11.9 Å². The molecule has 138 valence electrons. The summed E-state index contributed by atoms with van der Waals surface area (Å²) in [6.45, 7) is 0. The summed E-state index contributed by atoms with van der Waals surface area (Å²) in [6, 6.07) is 5.72. The maximum Gasteiger partial charge on any atom is 0.331 e. The van der Waals surface area contributed by atoms with Gasteiger partial charge in [-0.3, -0.25) is 4.79 Å². The van der Waals surface area contributed by atoms with Gasteiger partial charge in [0.2, 0.25) is 5.91 Å². The van der Waals surface area contributed by atoms with Gasteiger partial charge in [0.15, 0.2) is 6.04 Å². The smallest absolute Gasteiger partial charge is 0.331 e. The van der Waals surface area contributed by atoms with E-state index in [2.05, 4.69) is 5.32 Å². The SMILES string of the molecule is COc1cccc(OC)c1CC(=O)N[C@@H](C(=O)O)c1ccc(F)cc1F. The highest BCUT2D eigenvalue weighted by atomic mass is 19.1. The fraction of sp³-hybridized carbons (Fsp3) is 0.222. The van der Waals surface area contributed by atoms with Crippen LogP contribution in [0.1, 0.15) is 17.2 Å². The maximum absolute atomic E-state index is 13.9. The number of carbonyl (C=O) groups excluding carboxylic acids is 1. The third kappa shape index (κ3) is 4.27. The predicted molar refractivity (Wildman–Crippen MR) is 88.1 cm³/mol. The van der Waals surface area contributed by atoms with Gasteiger partial charge in [-0.05, 0) is 18.2 Å². The molecule has 0 radical (unpaired) electrons. The molecule has 6 nitrogen and oxygen atoms in total. The molecule has 0 saturated carbocycles. The fourth-order valence-electron chi connectivity index (χ4n) is 2.48. The number of carboxylic acid groups (broad SMARTS) is 1. The molecular formula is C18H17F2NO5. The number of methoxy groups -OCH3 is 2. The predicted octanol–water partition coefficient (Wildman–Crippen LogP) is 2.47. The Morgan fingerprint density at radius 1 is 1.12 bits per heavy atom. The Bertz CT molecular complexity index is 803. The molecular weight excluding hydrogens is 348 g/mol. The number of benzene rings is 2. The van der Waals surface area contributed by atoms with Crippen LogP contribution in [0.4, 0.5) is 8.78 Å². The van der Waals surface area contributed by atoms with Gasteiger partial charge in [-0.25, -0.2) is 13.6 Å². The lowest BCUT2D eigenvalue weighted by molar-refractivity contribution is -0.142. The molecule has 0 aromatic heterocycles. The van der Waals surface area contributed by atoms with Crippen LogP contribution >= 0.6 is 0 Å². The Labute approximate surface area is 148 Å². The summed E-state index contributed by atoms with van der Waals surface area (Å²) < 4.78 is 37.3. The maximum atomic E-state index is 13.9. The summed E-state index contributed by atoms with van der Waals surface area (Å²) in [5, 5.41) is 11.5. The summed E-state index contributed by atoms with van der Waals surface area (Å²) in [5.74, 6) is -3.30. The van der Waals surface area contributed by atoms with E-state index < -0.39 is 29.6 Å². The van der Waals surface area contributed by atoms with Crippen LogP contribution in [0.2, 0.25) is 0 Å². The zero-order chi connectivity index (χ0) is 19.3. The second-order valence-corrected chi connectivity index (χ2v) is 5.32. The molecule has 0 fully saturated rings. The lowest BCUT2D eigenvalue weighted by Gasteiger charge is -2.17. The minimum atomic E-state index is -1.66. The lowest BCUT2D eigenvalue weighted by Crippen LogP contribution is -2.35. The van der Waals surface area contributed by atoms with E-state index in [0.717, 1.165) is 12.1 Å². The molecule has 0 aliphatic rings. The summed E-state index contributed by atoms with van der Waals surface area (Å²) in [7, 11) is 2.84. The van der Waals surface area contributed by atoms with E-state index in [-0.39, 0.29) is 12.0 Å². The van der Waals surface area contributed by atoms with Crippen molar-refractivity contribution in [1.29, 1.82) is 0 Å². The van der Waals surface area contributed by atoms with Crippen molar-refractivity contribution in [3.05, 3.63) is 59.2 Å². The molecule has 0 unspecified atom stereocenters. The number of halogens is 2. The molecule has 8 heteroatoms. The van der Waals surface area contributed by atoms with Gasteiger partial charge in [-0.2, -0.15) is 0 Å². The van der Waals surface area contributed by atoms with Gasteiger partial charge in [0.1, 0.15) is 23.1 Å². The lowest BCUT2D eigenvalue weighted by atomic mass is 10.0. The molecule has 2 N–H and O–H groups in total. The monoisotopic (exact) mass is 365 g/mol. The van der Waals surface area contributed by atoms with Gasteiger partial charge in [0.25, 0.3) is 0 Å². The number of ether oxygens (including phenoxy) is 2. The van der Waals surface area contributed by atoms with Crippen LogP contribution in [-0.2, 0) is 16.0 Å². The molecule has 26 heavy (non-hydrogen) atoms. The van der Waals surface area contributed by atoms with E-state index in [1.54, 1.807) is 18.2 Å². The first kappa shape index (κ1) is 19.2. The van der Waals surface area contributed by atoms with Crippen LogP contribution in [-0.4, -0.2) is 31.2 Å². The van der Waals surface area contributed by atoms with E-state index >= 15 is 0 Å². The molecule has 0 saturated heterocycles. The van der Waals surface area contributed by atoms with E-state index in [1.807, 2.05) is 0 Å². The standard InChI is InChI=1S/C18H17F2NO5/c1-25-14-4-3-5-15(26-2)12(14)9-16(22)21-17(18(23)24)11-7-6-10(19)8-13(11)20/h3-8,17H,9H2,1-2H3,(H,21,22)(H,23,24)/t17-/m1/s1. The largest absolute Gasteiger partial charge is 0.496 e. The molecule has 0 aliphatic heterocycles. The zero-order valence-electron chi connectivity index (χ0n) is 14.1. The summed E-state index contributed by atoms with van der Waals surface area (Å²) in [6.07, 6.45) is -0.250. The molecule has 1 atom stereocenters. The van der Waals surface area contributed by atoms with Crippen molar-refractivity contribution in [2.45, 2.75) is 12.5 Å². The van der Waals surface area contributed by atoms with Crippen LogP contribution in [0.5, 0.6) is 11.5 Å². The van der Waals surface area contributed by atoms with Crippen molar-refractivity contribution in [3.8, 4) is 11.5 Å². The van der Waals surface area contributed by atoms with Crippen molar-refractivity contribution in [2.24, 2.45) is 0 Å². The third-order valence-electron chi connectivity index (χ3n) is 3.69. The highest BCUT2D eigenvalue weighted by molar-refractivity contribution is 5.86. The number of aliphatic carboxylic acids is 1. The van der Waals surface area contributed by atoms with Gasteiger partial charge < -0.3 is 19.9 Å². The first-order valence-electron chi connectivity index (χ1n) is 7.54. The van der Waals surface area contributed by atoms with Gasteiger partial charge in [-0.1, -0.05) is 12.1 Å². The first-order chi connectivity index (χ1) is 12.4. The van der Waals surface area contributed by atoms with Crippen LogP contribution in [0.25, 0.3) is 0 Å². The summed E-state index contributed by atoms with van der Waals surface area (Å²) in [5.41, 5.74) is 0.0676. The van der Waals surface area contributed by atoms with E-state index in [4.69, 9.17) is 9.47 Å². The van der Waals surface area contributed by atoms with Crippen LogP contribution in [0.3, 0.4) is 0 Å². The van der Waals surface area contributed by atoms with Crippen molar-refractivity contribution in [2.75, 3.05) is 14.2 Å². The third-order valence-corrected chi connectivity index (χ3v) is 3.69. The fourth-order valence-corrected chi connectivity index (χ4v) is 2.48. The van der Waals surface area contributed by atoms with Crippen LogP contribution in [0.15, 0.2) is 36.4 Å². The minimum absolute atomic E-state index is 0.250. The Hall–Kier alpha value is -3.16. The Morgan fingerprint density at radius 3 is 2.23 bits per heavy atom. The highest BCUT2D eigenvalue weighted by Crippen LogP contribution is 2.29. The van der Waals surface area contributed by atoms with Gasteiger partial charge in [-0.15, -0.1) is 0 Å². The Morgan fingerprint density at radius 2 is 1.73 bits per heavy atom. The number of hydrogen-bond donors (Lipinski definition) is 2. The number of carboxylic acids is 1. The topological polar surface area (TPSA) is 84.9 Å². The average Bonchev–Trinajstić information content (AvgIpc) is 2.60. The minimum Gasteiger partial charge on any atom is -0.496 e. The zero-order valence-corrected chi connectivity index (χ0v) is 14.1. The average molecular weight is 365 g/mol. The molecule has 1 amide bonds. The van der Waals surface area contributed by atoms with Gasteiger partial charge >= 0.3 is 5.97 Å². The summed E-state index contributed by atoms with van der Waals surface area (Å²) >= 11 is 0. The second kappa shape index (κ2) is 8.28. The number of hydrogen-bond acceptors (Lipinski definition) is 4. The molecule has 2 aromatic carbocycles. The van der Waals surface area contributed by atoms with Crippen molar-refractivity contribution < 1.29 is 33.0 Å². The molecule has 2 aromatic rings. The molecule has 0 spiro atoms. The van der Waals surface area contributed by atoms with Crippen LogP contribution in [0, 0.1) is 11.6 Å². The number of carbonyl (C=O) groups is 2. The van der Waals surface area contributed by atoms with Gasteiger partial charge in [0, 0.05) is 17.2 Å². The Balaban J connectivity index is 2.26. The Kier molecular flexibility index (Phi) is 6.11. The van der Waals surface area contributed by atoms with E-state index in [9.17, 15) is 23.5 Å². The van der Waals surface area contributed by atoms with Gasteiger partial charge in [0.05, 0.1) is 20.6 Å². The second-order valence-electron chi connectivity index (χ2n) is 5.32. The molecule has 0 aliphatic carbocycles. The normalized spacial score (nSPS) is 11.5. The van der Waals surface area contributed by atoms with Crippen LogP contribution < -0.4 is 14.8 Å². The van der Waals surface area contributed by atoms with Crippen molar-refractivity contribution in [3.63, 3.8) is 0 Å². The van der Waals surface area contributed by atoms with E-state index in [1.165, 1.54) is 14.2 Å². The summed E-state index contributed by atoms with van der Waals surface area (Å²) in [4.78, 5) is 23.8. The molecule has 0 heterocycles. The van der Waals surface area contributed by atoms with E-state index in [0.29, 0.717) is 23.1 Å². The van der Waals surface area contributed by atoms with Crippen molar-refractivity contribution in [1.82, 2.24) is 5.32 Å². The highest BCUT2D eigenvalue weighted by Gasteiger charge is 2.26. The molecule has 0 bridgehead atoms. The molecule has 2 rings (SSSR count). The number of nitrogens with one attached hydrogen (secondary N) is 1.